The Balaban J connectivity index is 1.52. The Morgan fingerprint density at radius 1 is 1.08 bits per heavy atom. The van der Waals surface area contributed by atoms with Gasteiger partial charge in [-0.3, -0.25) is 9.10 Å². The number of benzene rings is 2. The first-order valence-electron chi connectivity index (χ1n) is 16.5. The van der Waals surface area contributed by atoms with E-state index in [9.17, 15) is 22.0 Å². The van der Waals surface area contributed by atoms with Gasteiger partial charge in [0, 0.05) is 43.9 Å². The van der Waals surface area contributed by atoms with Crippen molar-refractivity contribution in [1.29, 1.82) is 0 Å². The van der Waals surface area contributed by atoms with E-state index in [2.05, 4.69) is 66.8 Å². The molecular formula is C36H49F2N5O4S. The number of amides is 1. The van der Waals surface area contributed by atoms with Crippen LogP contribution in [0, 0.1) is 23.5 Å². The van der Waals surface area contributed by atoms with Gasteiger partial charge in [-0.05, 0) is 73.7 Å². The van der Waals surface area contributed by atoms with E-state index in [1.165, 1.54) is 18.7 Å². The van der Waals surface area contributed by atoms with Crippen molar-refractivity contribution in [3.63, 3.8) is 0 Å². The molecule has 2 aromatic carbocycles. The van der Waals surface area contributed by atoms with E-state index >= 15 is 0 Å². The Hall–Kier alpha value is -3.77. The Morgan fingerprint density at radius 3 is 2.40 bits per heavy atom. The first-order chi connectivity index (χ1) is 22.5. The van der Waals surface area contributed by atoms with Gasteiger partial charge < -0.3 is 20.7 Å². The van der Waals surface area contributed by atoms with Crippen molar-refractivity contribution in [1.82, 2.24) is 15.6 Å². The number of nitrogens with zero attached hydrogens (tertiary/aromatic N) is 2. The van der Waals surface area contributed by atoms with Gasteiger partial charge >= 0.3 is 0 Å². The average Bonchev–Trinajstić information content (AvgIpc) is 3.73. The highest BCUT2D eigenvalue weighted by Crippen LogP contribution is 2.37. The summed E-state index contributed by atoms with van der Waals surface area (Å²) < 4.78 is 60.5. The molecule has 1 aromatic heterocycles. The monoisotopic (exact) mass is 685 g/mol. The van der Waals surface area contributed by atoms with Crippen LogP contribution in [-0.2, 0) is 22.0 Å². The number of pyridine rings is 1. The van der Waals surface area contributed by atoms with Crippen LogP contribution >= 0.6 is 0 Å². The molecule has 1 saturated carbocycles. The Labute approximate surface area is 283 Å². The van der Waals surface area contributed by atoms with Crippen LogP contribution in [-0.4, -0.2) is 57.3 Å². The number of rotatable bonds is 16. The van der Waals surface area contributed by atoms with Crippen molar-refractivity contribution in [2.45, 2.75) is 77.6 Å². The Bertz CT molecular complexity index is 1660. The number of hydrogen-bond donors (Lipinski definition) is 3. The van der Waals surface area contributed by atoms with Gasteiger partial charge in [0.25, 0.3) is 5.91 Å². The number of carbonyl (C=O) groups excluding carboxylic acids is 1. The lowest BCUT2D eigenvalue weighted by Crippen LogP contribution is -2.41. The zero-order chi connectivity index (χ0) is 35.2. The fourth-order valence-electron chi connectivity index (χ4n) is 5.20. The molecule has 3 atom stereocenters. The van der Waals surface area contributed by atoms with E-state index in [0.717, 1.165) is 34.5 Å². The minimum absolute atomic E-state index is 0.00575. The smallest absolute Gasteiger partial charge is 0.251 e. The van der Waals surface area contributed by atoms with Crippen molar-refractivity contribution in [3.8, 4) is 5.75 Å². The maximum absolute atomic E-state index is 13.8. The number of sulfonamides is 1. The van der Waals surface area contributed by atoms with Crippen LogP contribution in [0.1, 0.15) is 75.9 Å². The van der Waals surface area contributed by atoms with Crippen molar-refractivity contribution in [3.05, 3.63) is 82.9 Å². The van der Waals surface area contributed by atoms with Gasteiger partial charge in [-0.25, -0.2) is 22.2 Å². The van der Waals surface area contributed by atoms with Crippen LogP contribution in [0.2, 0.25) is 0 Å². The summed E-state index contributed by atoms with van der Waals surface area (Å²) in [5.74, 6) is -0.404. The predicted molar refractivity (Wildman–Crippen MR) is 187 cm³/mol. The van der Waals surface area contributed by atoms with E-state index < -0.39 is 38.9 Å². The third-order valence-electron chi connectivity index (χ3n) is 8.61. The average molecular weight is 686 g/mol. The van der Waals surface area contributed by atoms with Crippen LogP contribution in [0.25, 0.3) is 0 Å². The SMILES string of the molecule is CC(C)S(=O)(=O)N(C)c1cc(C(=O)N[C@H](CCNCc2cccc(C(C)(C)C)c2)COc2cc(F)cc(F)c2)cc(NC[C@H]2C[C@@H]2C)n1. The maximum Gasteiger partial charge on any atom is 0.251 e. The highest BCUT2D eigenvalue weighted by molar-refractivity contribution is 7.93. The summed E-state index contributed by atoms with van der Waals surface area (Å²) in [7, 11) is -2.29. The van der Waals surface area contributed by atoms with Crippen LogP contribution in [0.5, 0.6) is 5.75 Å². The van der Waals surface area contributed by atoms with Crippen molar-refractivity contribution >= 4 is 27.6 Å². The van der Waals surface area contributed by atoms with E-state index in [4.69, 9.17) is 4.74 Å². The molecule has 1 fully saturated rings. The third-order valence-corrected chi connectivity index (χ3v) is 10.8. The van der Waals surface area contributed by atoms with Gasteiger partial charge in [-0.2, -0.15) is 0 Å². The van der Waals surface area contributed by atoms with Gasteiger partial charge in [-0.15, -0.1) is 0 Å². The molecule has 4 rings (SSSR count). The summed E-state index contributed by atoms with van der Waals surface area (Å²) in [6.07, 6.45) is 1.53. The molecule has 1 aliphatic rings. The molecule has 0 bridgehead atoms. The van der Waals surface area contributed by atoms with Crippen LogP contribution in [0.3, 0.4) is 0 Å². The van der Waals surface area contributed by atoms with Crippen LogP contribution in [0.15, 0.2) is 54.6 Å². The standard InChI is InChI=1S/C36H49F2N5O4S/c1-23(2)48(45,46)43(7)34-16-26(15-33(42-34)40-21-27-13-24(27)3)35(44)41-31(22-47-32-18-29(37)17-30(38)19-32)11-12-39-20-25-9-8-10-28(14-25)36(4,5)6/h8-10,14-19,23-24,27,31,39H,11-13,20-22H2,1-7H3,(H,40,42)(H,41,44)/t24-,27+,31+/m0/s1. The van der Waals surface area contributed by atoms with Crippen molar-refractivity contribution < 1.29 is 26.7 Å². The first-order valence-corrected chi connectivity index (χ1v) is 18.0. The molecule has 0 radical (unpaired) electrons. The van der Waals surface area contributed by atoms with E-state index in [-0.39, 0.29) is 29.2 Å². The molecular weight excluding hydrogens is 636 g/mol. The summed E-state index contributed by atoms with van der Waals surface area (Å²) in [5, 5.41) is 8.98. The fraction of sp³-hybridized carbons (Fsp3) is 0.500. The minimum Gasteiger partial charge on any atom is -0.491 e. The van der Waals surface area contributed by atoms with Gasteiger partial charge in [0.05, 0.1) is 11.3 Å². The van der Waals surface area contributed by atoms with Crippen LogP contribution < -0.4 is 25.0 Å². The number of anilines is 2. The molecule has 3 aromatic rings. The lowest BCUT2D eigenvalue weighted by molar-refractivity contribution is 0.0918. The highest BCUT2D eigenvalue weighted by atomic mass is 32.2. The quantitative estimate of drug-likeness (QED) is 0.153. The lowest BCUT2D eigenvalue weighted by atomic mass is 9.86. The number of aromatic nitrogens is 1. The Kier molecular flexibility index (Phi) is 12.1. The molecule has 12 heteroatoms. The Morgan fingerprint density at radius 2 is 1.77 bits per heavy atom. The molecule has 1 aliphatic carbocycles. The van der Waals surface area contributed by atoms with Gasteiger partial charge in [-0.1, -0.05) is 52.0 Å². The fourth-order valence-corrected chi connectivity index (χ4v) is 6.18. The van der Waals surface area contributed by atoms with Gasteiger partial charge in [0.2, 0.25) is 10.0 Å². The molecule has 0 unspecified atom stereocenters. The molecule has 262 valence electrons. The molecule has 1 amide bonds. The minimum atomic E-state index is -3.71. The zero-order valence-corrected chi connectivity index (χ0v) is 29.8. The zero-order valence-electron chi connectivity index (χ0n) is 28.9. The van der Waals surface area contributed by atoms with E-state index in [1.54, 1.807) is 19.9 Å². The number of carbonyl (C=O) groups is 1. The summed E-state index contributed by atoms with van der Waals surface area (Å²) in [4.78, 5) is 18.3. The number of ether oxygens (including phenoxy) is 1. The largest absolute Gasteiger partial charge is 0.491 e. The third kappa shape index (κ3) is 10.4. The topological polar surface area (TPSA) is 113 Å². The predicted octanol–water partition coefficient (Wildman–Crippen LogP) is 6.26. The molecule has 3 N–H and O–H groups in total. The second kappa shape index (κ2) is 15.6. The van der Waals surface area contributed by atoms with E-state index in [1.807, 2.05) is 6.07 Å². The molecule has 9 nitrogen and oxygen atoms in total. The normalized spacial score (nSPS) is 16.8. The highest BCUT2D eigenvalue weighted by Gasteiger charge is 2.32. The molecule has 48 heavy (non-hydrogen) atoms. The van der Waals surface area contributed by atoms with Gasteiger partial charge in [0.15, 0.2) is 0 Å². The summed E-state index contributed by atoms with van der Waals surface area (Å²) in [6, 6.07) is 13.8. The van der Waals surface area contributed by atoms with Crippen molar-refractivity contribution in [2.75, 3.05) is 36.4 Å². The first kappa shape index (κ1) is 37.1. The van der Waals surface area contributed by atoms with Crippen molar-refractivity contribution in [2.24, 2.45) is 11.8 Å². The summed E-state index contributed by atoms with van der Waals surface area (Å²) >= 11 is 0. The van der Waals surface area contributed by atoms with Crippen LogP contribution in [0.4, 0.5) is 20.4 Å². The maximum atomic E-state index is 13.8. The van der Waals surface area contributed by atoms with E-state index in [0.29, 0.717) is 43.7 Å². The van der Waals surface area contributed by atoms with Gasteiger partial charge in [0.1, 0.15) is 35.6 Å². The summed E-state index contributed by atoms with van der Waals surface area (Å²) in [5.41, 5.74) is 2.59. The number of nitrogens with one attached hydrogen (secondary N) is 3. The summed E-state index contributed by atoms with van der Waals surface area (Å²) in [6.45, 7) is 13.5. The molecule has 0 aliphatic heterocycles. The number of hydrogen-bond acceptors (Lipinski definition) is 7. The lowest BCUT2D eigenvalue weighted by Gasteiger charge is -2.23. The molecule has 1 heterocycles. The molecule has 0 spiro atoms. The molecule has 0 saturated heterocycles. The number of halogens is 2. The second-order valence-electron chi connectivity index (χ2n) is 14.0. The second-order valence-corrected chi connectivity index (χ2v) is 16.5.